The van der Waals surface area contributed by atoms with E-state index >= 15 is 0 Å². The summed E-state index contributed by atoms with van der Waals surface area (Å²) >= 11 is 0. The van der Waals surface area contributed by atoms with Crippen LogP contribution in [0.2, 0.25) is 0 Å². The molecule has 31 heavy (non-hydrogen) atoms. The van der Waals surface area contributed by atoms with Crippen molar-refractivity contribution in [1.82, 2.24) is 0 Å². The van der Waals surface area contributed by atoms with Gasteiger partial charge in [0.2, 0.25) is 0 Å². The van der Waals surface area contributed by atoms with Crippen LogP contribution in [0.5, 0.6) is 0 Å². The zero-order valence-electron chi connectivity index (χ0n) is 19.0. The van der Waals surface area contributed by atoms with E-state index in [0.717, 1.165) is 102 Å². The highest BCUT2D eigenvalue weighted by Crippen LogP contribution is 2.19. The molecule has 2 N–H and O–H groups in total. The molecule has 0 unspecified atom stereocenters. The first-order valence-electron chi connectivity index (χ1n) is 12.2. The Morgan fingerprint density at radius 1 is 0.581 bits per heavy atom. The largest absolute Gasteiger partial charge is 0.481 e. The van der Waals surface area contributed by atoms with Gasteiger partial charge in [0.05, 0.1) is 0 Å². The molecule has 0 heterocycles. The minimum absolute atomic E-state index is 0.154. The van der Waals surface area contributed by atoms with E-state index in [1.165, 1.54) is 12.0 Å². The van der Waals surface area contributed by atoms with Crippen molar-refractivity contribution >= 4 is 11.9 Å². The van der Waals surface area contributed by atoms with E-state index in [-0.39, 0.29) is 18.7 Å². The van der Waals surface area contributed by atoms with Gasteiger partial charge < -0.3 is 10.2 Å². The quantitative estimate of drug-likeness (QED) is 0.210. The molecule has 4 nitrogen and oxygen atoms in total. The van der Waals surface area contributed by atoms with Gasteiger partial charge in [0.1, 0.15) is 5.82 Å². The van der Waals surface area contributed by atoms with Crippen molar-refractivity contribution in [3.8, 4) is 0 Å². The van der Waals surface area contributed by atoms with Gasteiger partial charge >= 0.3 is 11.9 Å². The van der Waals surface area contributed by atoms with E-state index in [9.17, 15) is 14.0 Å². The fourth-order valence-corrected chi connectivity index (χ4v) is 4.02. The van der Waals surface area contributed by atoms with E-state index in [4.69, 9.17) is 10.2 Å². The summed E-state index contributed by atoms with van der Waals surface area (Å²) in [6.07, 6.45) is 17.3. The van der Waals surface area contributed by atoms with Crippen LogP contribution < -0.4 is 0 Å². The second kappa shape index (κ2) is 17.7. The van der Waals surface area contributed by atoms with E-state index in [2.05, 4.69) is 0 Å². The molecule has 1 rings (SSSR count). The summed E-state index contributed by atoms with van der Waals surface area (Å²) in [5.74, 6) is -1.57. The predicted octanol–water partition coefficient (Wildman–Crippen LogP) is 7.32. The monoisotopic (exact) mass is 436 g/mol. The lowest BCUT2D eigenvalue weighted by Gasteiger charge is -2.10. The summed E-state index contributed by atoms with van der Waals surface area (Å²) in [5.41, 5.74) is 2.42. The van der Waals surface area contributed by atoms with Crippen molar-refractivity contribution in [3.63, 3.8) is 0 Å². The maximum absolute atomic E-state index is 13.7. The van der Waals surface area contributed by atoms with Crippen LogP contribution in [0.4, 0.5) is 4.39 Å². The maximum atomic E-state index is 13.7. The molecule has 1 aromatic carbocycles. The van der Waals surface area contributed by atoms with Crippen LogP contribution in [0.15, 0.2) is 18.2 Å². The van der Waals surface area contributed by atoms with Crippen LogP contribution in [-0.4, -0.2) is 22.2 Å². The molecule has 0 radical (unpaired) electrons. The number of aliphatic carboxylic acids is 2. The van der Waals surface area contributed by atoms with Crippen LogP contribution in [0.1, 0.15) is 114 Å². The Hall–Kier alpha value is -1.91. The topological polar surface area (TPSA) is 74.6 Å². The third-order valence-electron chi connectivity index (χ3n) is 5.84. The van der Waals surface area contributed by atoms with E-state index in [1.54, 1.807) is 12.1 Å². The van der Waals surface area contributed by atoms with Gasteiger partial charge in [0, 0.05) is 12.8 Å². The van der Waals surface area contributed by atoms with E-state index in [0.29, 0.717) is 0 Å². The molecule has 1 aromatic rings. The summed E-state index contributed by atoms with van der Waals surface area (Å²) in [7, 11) is 0. The Balaban J connectivity index is 2.14. The van der Waals surface area contributed by atoms with Crippen molar-refractivity contribution in [3.05, 3.63) is 35.1 Å². The molecule has 0 saturated heterocycles. The molecular weight excluding hydrogens is 395 g/mol. The number of unbranched alkanes of at least 4 members (excludes halogenated alkanes) is 12. The molecule has 5 heteroatoms. The minimum Gasteiger partial charge on any atom is -0.481 e. The average Bonchev–Trinajstić information content (AvgIpc) is 2.72. The van der Waals surface area contributed by atoms with Crippen molar-refractivity contribution in [2.24, 2.45) is 0 Å². The molecule has 0 atom stereocenters. The highest BCUT2D eigenvalue weighted by Gasteiger charge is 2.05. The van der Waals surface area contributed by atoms with Crippen LogP contribution >= 0.6 is 0 Å². The summed E-state index contributed by atoms with van der Waals surface area (Å²) in [6, 6.07) is 5.21. The molecule has 0 spiro atoms. The fraction of sp³-hybridized carbons (Fsp3) is 0.692. The molecular formula is C26H41FO4. The summed E-state index contributed by atoms with van der Waals surface area (Å²) < 4.78 is 13.7. The lowest BCUT2D eigenvalue weighted by Crippen LogP contribution is -1.97. The Kier molecular flexibility index (Phi) is 15.5. The highest BCUT2D eigenvalue weighted by atomic mass is 19.1. The van der Waals surface area contributed by atoms with Crippen molar-refractivity contribution in [2.45, 2.75) is 116 Å². The third-order valence-corrected chi connectivity index (χ3v) is 5.84. The van der Waals surface area contributed by atoms with E-state index < -0.39 is 11.9 Å². The zero-order chi connectivity index (χ0) is 22.7. The van der Waals surface area contributed by atoms with E-state index in [1.807, 2.05) is 6.07 Å². The van der Waals surface area contributed by atoms with Gasteiger partial charge in [-0.2, -0.15) is 0 Å². The smallest absolute Gasteiger partial charge is 0.303 e. The van der Waals surface area contributed by atoms with Gasteiger partial charge in [-0.1, -0.05) is 70.3 Å². The molecule has 0 fully saturated rings. The number of benzene rings is 1. The fourth-order valence-electron chi connectivity index (χ4n) is 4.02. The third kappa shape index (κ3) is 15.5. The SMILES string of the molecule is O=C(O)CCCCCCCCCc1ccc(F)cc1CCCCCCCCCC(=O)O. The van der Waals surface area contributed by atoms with Gasteiger partial charge in [0.15, 0.2) is 0 Å². The van der Waals surface area contributed by atoms with Crippen LogP contribution in [-0.2, 0) is 22.4 Å². The number of aryl methyl sites for hydroxylation is 2. The van der Waals surface area contributed by atoms with Gasteiger partial charge in [-0.05, 0) is 61.8 Å². The van der Waals surface area contributed by atoms with Gasteiger partial charge in [-0.15, -0.1) is 0 Å². The van der Waals surface area contributed by atoms with Crippen LogP contribution in [0, 0.1) is 5.82 Å². The zero-order valence-corrected chi connectivity index (χ0v) is 19.0. The summed E-state index contributed by atoms with van der Waals surface area (Å²) in [5, 5.41) is 17.3. The number of carboxylic acid groups (broad SMARTS) is 2. The van der Waals surface area contributed by atoms with Crippen LogP contribution in [0.3, 0.4) is 0 Å². The minimum atomic E-state index is -0.709. The highest BCUT2D eigenvalue weighted by molar-refractivity contribution is 5.66. The standard InChI is InChI=1S/C26H41FO4/c27-24-20-19-22(15-11-7-3-1-5-9-13-17-25(28)29)23(21-24)16-12-8-4-2-6-10-14-18-26(30)31/h19-21H,1-18H2,(H,28,29)(H,30,31). The predicted molar refractivity (Wildman–Crippen MR) is 123 cm³/mol. The second-order valence-electron chi connectivity index (χ2n) is 8.65. The van der Waals surface area contributed by atoms with Crippen molar-refractivity contribution in [1.29, 1.82) is 0 Å². The maximum Gasteiger partial charge on any atom is 0.303 e. The Bertz CT molecular complexity index is 630. The number of hydrogen-bond acceptors (Lipinski definition) is 2. The molecule has 0 aromatic heterocycles. The normalized spacial score (nSPS) is 11.0. The lowest BCUT2D eigenvalue weighted by atomic mass is 9.96. The Labute approximate surface area is 187 Å². The van der Waals surface area contributed by atoms with Crippen molar-refractivity contribution in [2.75, 3.05) is 0 Å². The number of halogens is 1. The second-order valence-corrected chi connectivity index (χ2v) is 8.65. The number of carbonyl (C=O) groups is 2. The molecule has 176 valence electrons. The summed E-state index contributed by atoms with van der Waals surface area (Å²) in [6.45, 7) is 0. The molecule has 0 aliphatic heterocycles. The molecule has 0 aliphatic rings. The first kappa shape index (κ1) is 27.1. The Morgan fingerprint density at radius 2 is 0.968 bits per heavy atom. The Morgan fingerprint density at radius 3 is 1.42 bits per heavy atom. The number of rotatable bonds is 20. The first-order valence-corrected chi connectivity index (χ1v) is 12.2. The number of hydrogen-bond donors (Lipinski definition) is 2. The molecule has 0 bridgehead atoms. The molecule has 0 amide bonds. The molecule has 0 saturated carbocycles. The number of carboxylic acids is 2. The van der Waals surface area contributed by atoms with Gasteiger partial charge in [-0.25, -0.2) is 4.39 Å². The summed E-state index contributed by atoms with van der Waals surface area (Å²) in [4.78, 5) is 21.0. The van der Waals surface area contributed by atoms with Crippen LogP contribution in [0.25, 0.3) is 0 Å². The lowest BCUT2D eigenvalue weighted by molar-refractivity contribution is -0.138. The van der Waals surface area contributed by atoms with Gasteiger partial charge in [-0.3, -0.25) is 9.59 Å². The van der Waals surface area contributed by atoms with Crippen molar-refractivity contribution < 1.29 is 24.2 Å². The average molecular weight is 437 g/mol. The molecule has 0 aliphatic carbocycles. The first-order chi connectivity index (χ1) is 15.0. The van der Waals surface area contributed by atoms with Gasteiger partial charge in [0.25, 0.3) is 0 Å².